The van der Waals surface area contributed by atoms with Crippen LogP contribution in [0.2, 0.25) is 0 Å². The molecule has 0 aliphatic rings. The highest BCUT2D eigenvalue weighted by atomic mass is 32.2. The van der Waals surface area contributed by atoms with E-state index in [2.05, 4.69) is 23.8 Å². The molecule has 0 aliphatic carbocycles. The molecule has 3 nitrogen and oxygen atoms in total. The molecule has 0 bridgehead atoms. The summed E-state index contributed by atoms with van der Waals surface area (Å²) in [5.74, 6) is 0. The third-order valence-electron chi connectivity index (χ3n) is 2.33. The normalized spacial score (nSPS) is 15.0. The van der Waals surface area contributed by atoms with Gasteiger partial charge in [0.05, 0.1) is 0 Å². The van der Waals surface area contributed by atoms with Crippen LogP contribution in [0.5, 0.6) is 0 Å². The molecule has 1 aromatic rings. The van der Waals surface area contributed by atoms with Crippen molar-refractivity contribution in [2.24, 2.45) is 5.73 Å². The van der Waals surface area contributed by atoms with Gasteiger partial charge in [-0.25, -0.2) is 9.97 Å². The minimum Gasteiger partial charge on any atom is -0.327 e. The first-order valence-corrected chi connectivity index (χ1v) is 6.15. The number of aromatic nitrogens is 2. The standard InChI is InChI=1S/C11H19N3S/c1-5-10(12)9(4)15-11-13-7(2)6-8(3)14-11/h6,9-10H,5,12H2,1-4H3. The quantitative estimate of drug-likeness (QED) is 0.631. The van der Waals surface area contributed by atoms with Gasteiger partial charge >= 0.3 is 0 Å². The van der Waals surface area contributed by atoms with E-state index >= 15 is 0 Å². The van der Waals surface area contributed by atoms with Gasteiger partial charge in [-0.2, -0.15) is 0 Å². The molecule has 4 heteroatoms. The van der Waals surface area contributed by atoms with E-state index in [1.807, 2.05) is 19.9 Å². The molecule has 84 valence electrons. The van der Waals surface area contributed by atoms with Crippen LogP contribution in [0.15, 0.2) is 11.2 Å². The summed E-state index contributed by atoms with van der Waals surface area (Å²) in [5, 5.41) is 1.19. The smallest absolute Gasteiger partial charge is 0.188 e. The first-order chi connectivity index (χ1) is 7.02. The Kier molecular flexibility index (Phi) is 4.54. The number of rotatable bonds is 4. The van der Waals surface area contributed by atoms with Crippen LogP contribution in [-0.2, 0) is 0 Å². The molecule has 0 spiro atoms. The van der Waals surface area contributed by atoms with Crippen molar-refractivity contribution < 1.29 is 0 Å². The third kappa shape index (κ3) is 3.80. The zero-order valence-corrected chi connectivity index (χ0v) is 10.6. The molecule has 0 fully saturated rings. The van der Waals surface area contributed by atoms with Crippen molar-refractivity contribution in [3.05, 3.63) is 17.5 Å². The van der Waals surface area contributed by atoms with Crippen molar-refractivity contribution in [3.8, 4) is 0 Å². The highest BCUT2D eigenvalue weighted by molar-refractivity contribution is 7.99. The molecule has 2 atom stereocenters. The van der Waals surface area contributed by atoms with E-state index in [0.29, 0.717) is 5.25 Å². The molecular formula is C11H19N3S. The number of hydrogen-bond acceptors (Lipinski definition) is 4. The van der Waals surface area contributed by atoms with E-state index < -0.39 is 0 Å². The van der Waals surface area contributed by atoms with Gasteiger partial charge < -0.3 is 5.73 Å². The van der Waals surface area contributed by atoms with Gasteiger partial charge in [0.15, 0.2) is 5.16 Å². The van der Waals surface area contributed by atoms with Crippen molar-refractivity contribution in [2.75, 3.05) is 0 Å². The summed E-state index contributed by atoms with van der Waals surface area (Å²) in [6.45, 7) is 8.20. The Hall–Kier alpha value is -0.610. The van der Waals surface area contributed by atoms with E-state index in [1.165, 1.54) is 0 Å². The topological polar surface area (TPSA) is 51.8 Å². The highest BCUT2D eigenvalue weighted by Crippen LogP contribution is 2.22. The molecule has 2 N–H and O–H groups in total. The first kappa shape index (κ1) is 12.5. The summed E-state index contributed by atoms with van der Waals surface area (Å²) in [6, 6.07) is 2.19. The molecule has 1 aromatic heterocycles. The van der Waals surface area contributed by atoms with Crippen molar-refractivity contribution in [1.29, 1.82) is 0 Å². The minimum absolute atomic E-state index is 0.208. The van der Waals surface area contributed by atoms with Crippen molar-refractivity contribution in [2.45, 2.75) is 50.6 Å². The third-order valence-corrected chi connectivity index (χ3v) is 3.44. The van der Waals surface area contributed by atoms with Crippen LogP contribution in [0.3, 0.4) is 0 Å². The highest BCUT2D eigenvalue weighted by Gasteiger charge is 2.13. The maximum atomic E-state index is 5.96. The second-order valence-corrected chi connectivity index (χ2v) is 5.17. The maximum Gasteiger partial charge on any atom is 0.188 e. The Morgan fingerprint density at radius 1 is 1.33 bits per heavy atom. The molecule has 0 saturated carbocycles. The van der Waals surface area contributed by atoms with Crippen molar-refractivity contribution >= 4 is 11.8 Å². The van der Waals surface area contributed by atoms with Gasteiger partial charge in [-0.3, -0.25) is 0 Å². The second kappa shape index (κ2) is 5.47. The molecular weight excluding hydrogens is 206 g/mol. The van der Waals surface area contributed by atoms with Gasteiger partial charge in [-0.1, -0.05) is 25.6 Å². The molecule has 0 saturated heterocycles. The molecule has 0 aromatic carbocycles. The number of thioether (sulfide) groups is 1. The summed E-state index contributed by atoms with van der Waals surface area (Å²) in [5.41, 5.74) is 8.00. The average Bonchev–Trinajstić information content (AvgIpc) is 2.14. The fourth-order valence-corrected chi connectivity index (χ4v) is 2.43. The number of nitrogens with zero attached hydrogens (tertiary/aromatic N) is 2. The average molecular weight is 225 g/mol. The lowest BCUT2D eigenvalue weighted by Gasteiger charge is -2.16. The van der Waals surface area contributed by atoms with Gasteiger partial charge in [0.1, 0.15) is 0 Å². The first-order valence-electron chi connectivity index (χ1n) is 5.27. The zero-order valence-electron chi connectivity index (χ0n) is 9.82. The predicted octanol–water partition coefficient (Wildman–Crippen LogP) is 2.31. The predicted molar refractivity (Wildman–Crippen MR) is 65.1 cm³/mol. The van der Waals surface area contributed by atoms with Crippen LogP contribution < -0.4 is 5.73 Å². The lowest BCUT2D eigenvalue weighted by atomic mass is 10.2. The Balaban J connectivity index is 2.72. The maximum absolute atomic E-state index is 5.96. The summed E-state index contributed by atoms with van der Waals surface area (Å²) in [6.07, 6.45) is 0.985. The number of aryl methyl sites for hydroxylation is 2. The van der Waals surface area contributed by atoms with E-state index in [-0.39, 0.29) is 6.04 Å². The number of hydrogen-bond donors (Lipinski definition) is 1. The van der Waals surface area contributed by atoms with Gasteiger partial charge in [-0.05, 0) is 26.3 Å². The number of nitrogens with two attached hydrogens (primary N) is 1. The molecule has 0 amide bonds. The summed E-state index contributed by atoms with van der Waals surface area (Å²) in [4.78, 5) is 8.77. The van der Waals surface area contributed by atoms with Crippen LogP contribution in [0.4, 0.5) is 0 Å². The summed E-state index contributed by atoms with van der Waals surface area (Å²) >= 11 is 1.66. The van der Waals surface area contributed by atoms with E-state index in [9.17, 15) is 0 Å². The van der Waals surface area contributed by atoms with Gasteiger partial charge in [0.25, 0.3) is 0 Å². The molecule has 15 heavy (non-hydrogen) atoms. The lowest BCUT2D eigenvalue weighted by molar-refractivity contribution is 0.640. The Morgan fingerprint density at radius 3 is 2.33 bits per heavy atom. The van der Waals surface area contributed by atoms with Crippen LogP contribution >= 0.6 is 11.8 Å². The SMILES string of the molecule is CCC(N)C(C)Sc1nc(C)cc(C)n1. The summed E-state index contributed by atoms with van der Waals surface area (Å²) < 4.78 is 0. The second-order valence-electron chi connectivity index (χ2n) is 3.83. The fourth-order valence-electron chi connectivity index (χ4n) is 1.33. The van der Waals surface area contributed by atoms with E-state index in [1.54, 1.807) is 11.8 Å². The minimum atomic E-state index is 0.208. The van der Waals surface area contributed by atoms with Crippen molar-refractivity contribution in [1.82, 2.24) is 9.97 Å². The molecule has 1 rings (SSSR count). The Labute approximate surface area is 95.9 Å². The van der Waals surface area contributed by atoms with Gasteiger partial charge in [0.2, 0.25) is 0 Å². The Bertz CT molecular complexity index is 307. The molecule has 1 heterocycles. The molecule has 0 aliphatic heterocycles. The van der Waals surface area contributed by atoms with Crippen LogP contribution in [0, 0.1) is 13.8 Å². The zero-order chi connectivity index (χ0) is 11.4. The van der Waals surface area contributed by atoms with Crippen molar-refractivity contribution in [3.63, 3.8) is 0 Å². The van der Waals surface area contributed by atoms with E-state index in [0.717, 1.165) is 23.0 Å². The fraction of sp³-hybridized carbons (Fsp3) is 0.636. The monoisotopic (exact) mass is 225 g/mol. The Morgan fingerprint density at radius 2 is 1.87 bits per heavy atom. The summed E-state index contributed by atoms with van der Waals surface area (Å²) in [7, 11) is 0. The van der Waals surface area contributed by atoms with Gasteiger partial charge in [0, 0.05) is 22.7 Å². The van der Waals surface area contributed by atoms with Crippen LogP contribution in [0.1, 0.15) is 31.7 Å². The van der Waals surface area contributed by atoms with E-state index in [4.69, 9.17) is 5.73 Å². The van der Waals surface area contributed by atoms with Crippen LogP contribution in [-0.4, -0.2) is 21.3 Å². The lowest BCUT2D eigenvalue weighted by Crippen LogP contribution is -2.29. The van der Waals surface area contributed by atoms with Gasteiger partial charge in [-0.15, -0.1) is 0 Å². The molecule has 2 unspecified atom stereocenters. The molecule has 0 radical (unpaired) electrons. The largest absolute Gasteiger partial charge is 0.327 e. The van der Waals surface area contributed by atoms with Crippen LogP contribution in [0.25, 0.3) is 0 Å².